The number of rotatable bonds is 6. The third-order valence-corrected chi connectivity index (χ3v) is 4.95. The number of aromatic nitrogens is 3. The fraction of sp³-hybridized carbons (Fsp3) is 0.174. The van der Waals surface area contributed by atoms with Gasteiger partial charge in [0, 0.05) is 30.3 Å². The molecule has 9 nitrogen and oxygen atoms in total. The molecule has 0 aliphatic rings. The molecule has 0 radical (unpaired) electrons. The first kappa shape index (κ1) is 21.9. The van der Waals surface area contributed by atoms with Crippen LogP contribution in [0, 0.1) is 5.82 Å². The maximum atomic E-state index is 13.0. The summed E-state index contributed by atoms with van der Waals surface area (Å²) in [7, 11) is 0. The number of hydrogen-bond donors (Lipinski definition) is 2. The first-order chi connectivity index (χ1) is 16.0. The SMILES string of the molecule is CCn1nc(C(=O)NNC(=O)CCc2ncc(-c3ccc(F)cc3)o2)c2ccccc2c1=O. The minimum atomic E-state index is -0.642. The van der Waals surface area contributed by atoms with Crippen LogP contribution in [0.5, 0.6) is 0 Å². The van der Waals surface area contributed by atoms with E-state index in [1.807, 2.05) is 0 Å². The zero-order valence-electron chi connectivity index (χ0n) is 17.7. The smallest absolute Gasteiger partial charge is 0.290 e. The molecular formula is C23H20FN5O4. The van der Waals surface area contributed by atoms with Crippen LogP contribution in [0.15, 0.2) is 63.9 Å². The standard InChI is InChI=1S/C23H20FN5O4/c1-2-29-23(32)17-6-4-3-5-16(17)21(28-29)22(31)27-26-19(30)11-12-20-25-13-18(33-20)14-7-9-15(24)10-8-14/h3-10,13H,2,11-12H2,1H3,(H,26,30)(H,27,31). The van der Waals surface area contributed by atoms with Crippen molar-refractivity contribution in [2.45, 2.75) is 26.3 Å². The van der Waals surface area contributed by atoms with E-state index in [2.05, 4.69) is 20.9 Å². The molecule has 2 N–H and O–H groups in total. The third kappa shape index (κ3) is 4.79. The Bertz CT molecular complexity index is 1380. The molecule has 0 saturated carbocycles. The zero-order chi connectivity index (χ0) is 23.4. The number of oxazole rings is 1. The number of carbonyl (C=O) groups excluding carboxylic acids is 2. The van der Waals surface area contributed by atoms with E-state index in [0.29, 0.717) is 34.5 Å². The lowest BCUT2D eigenvalue weighted by Crippen LogP contribution is -2.42. The Labute approximate surface area is 187 Å². The van der Waals surface area contributed by atoms with Gasteiger partial charge < -0.3 is 4.42 Å². The summed E-state index contributed by atoms with van der Waals surface area (Å²) in [6, 6.07) is 12.4. The number of fused-ring (bicyclic) bond motifs is 1. The van der Waals surface area contributed by atoms with Crippen LogP contribution in [0.4, 0.5) is 4.39 Å². The number of carbonyl (C=O) groups is 2. The van der Waals surface area contributed by atoms with Gasteiger partial charge in [-0.3, -0.25) is 25.2 Å². The van der Waals surface area contributed by atoms with Crippen molar-refractivity contribution in [1.82, 2.24) is 25.6 Å². The average molecular weight is 449 g/mol. The average Bonchev–Trinajstić information content (AvgIpc) is 3.31. The van der Waals surface area contributed by atoms with E-state index >= 15 is 0 Å². The van der Waals surface area contributed by atoms with Crippen molar-refractivity contribution in [2.24, 2.45) is 0 Å². The third-order valence-electron chi connectivity index (χ3n) is 4.95. The van der Waals surface area contributed by atoms with E-state index in [1.54, 1.807) is 43.3 Å². The van der Waals surface area contributed by atoms with Gasteiger partial charge in [-0.15, -0.1) is 0 Å². The van der Waals surface area contributed by atoms with Crippen LogP contribution in [0.2, 0.25) is 0 Å². The Morgan fingerprint density at radius 2 is 1.79 bits per heavy atom. The summed E-state index contributed by atoms with van der Waals surface area (Å²) < 4.78 is 19.8. The first-order valence-electron chi connectivity index (χ1n) is 10.3. The summed E-state index contributed by atoms with van der Waals surface area (Å²) >= 11 is 0. The molecule has 0 unspecified atom stereocenters. The van der Waals surface area contributed by atoms with Gasteiger partial charge >= 0.3 is 0 Å². The summed E-state index contributed by atoms with van der Waals surface area (Å²) in [5.74, 6) is -0.662. The number of hydrazine groups is 1. The summed E-state index contributed by atoms with van der Waals surface area (Å²) in [5, 5.41) is 4.88. The minimum absolute atomic E-state index is 0.00624. The molecule has 0 aliphatic carbocycles. The number of halogens is 1. The molecule has 0 saturated heterocycles. The second-order valence-corrected chi connectivity index (χ2v) is 7.14. The molecule has 0 aliphatic heterocycles. The Morgan fingerprint density at radius 1 is 1.06 bits per heavy atom. The molecule has 4 rings (SSSR count). The van der Waals surface area contributed by atoms with Gasteiger partial charge in [0.15, 0.2) is 17.3 Å². The number of benzene rings is 2. The summed E-state index contributed by atoms with van der Waals surface area (Å²) in [5.41, 5.74) is 5.07. The highest BCUT2D eigenvalue weighted by Crippen LogP contribution is 2.21. The maximum Gasteiger partial charge on any atom is 0.290 e. The van der Waals surface area contributed by atoms with Crippen LogP contribution in [0.3, 0.4) is 0 Å². The zero-order valence-corrected chi connectivity index (χ0v) is 17.7. The second kappa shape index (κ2) is 9.43. The topological polar surface area (TPSA) is 119 Å². The number of aryl methyl sites for hydroxylation is 2. The molecule has 2 aromatic carbocycles. The van der Waals surface area contributed by atoms with E-state index in [4.69, 9.17) is 4.42 Å². The molecule has 2 aromatic heterocycles. The van der Waals surface area contributed by atoms with Gasteiger partial charge in [0.25, 0.3) is 11.5 Å². The molecule has 2 amide bonds. The lowest BCUT2D eigenvalue weighted by atomic mass is 10.1. The summed E-state index contributed by atoms with van der Waals surface area (Å²) in [6.45, 7) is 2.04. The van der Waals surface area contributed by atoms with Crippen molar-refractivity contribution >= 4 is 22.6 Å². The van der Waals surface area contributed by atoms with Gasteiger partial charge in [-0.2, -0.15) is 5.10 Å². The maximum absolute atomic E-state index is 13.0. The lowest BCUT2D eigenvalue weighted by molar-refractivity contribution is -0.121. The van der Waals surface area contributed by atoms with Gasteiger partial charge in [0.2, 0.25) is 5.91 Å². The number of hydrogen-bond acceptors (Lipinski definition) is 6. The summed E-state index contributed by atoms with van der Waals surface area (Å²) in [4.78, 5) is 41.4. The van der Waals surface area contributed by atoms with E-state index in [0.717, 1.165) is 0 Å². The van der Waals surface area contributed by atoms with Gasteiger partial charge in [-0.1, -0.05) is 18.2 Å². The van der Waals surface area contributed by atoms with Crippen LogP contribution in [-0.2, 0) is 17.8 Å². The van der Waals surface area contributed by atoms with Crippen LogP contribution >= 0.6 is 0 Å². The number of nitrogens with zero attached hydrogens (tertiary/aromatic N) is 3. The van der Waals surface area contributed by atoms with Crippen LogP contribution in [0.1, 0.15) is 29.7 Å². The molecule has 168 valence electrons. The van der Waals surface area contributed by atoms with Crippen LogP contribution in [-0.4, -0.2) is 26.6 Å². The van der Waals surface area contributed by atoms with Crippen molar-refractivity contribution in [3.63, 3.8) is 0 Å². The first-order valence-corrected chi connectivity index (χ1v) is 10.3. The van der Waals surface area contributed by atoms with Gasteiger partial charge in [0.05, 0.1) is 11.6 Å². The van der Waals surface area contributed by atoms with Gasteiger partial charge in [0.1, 0.15) is 5.82 Å². The predicted molar refractivity (Wildman–Crippen MR) is 118 cm³/mol. The highest BCUT2D eigenvalue weighted by molar-refractivity contribution is 6.05. The number of nitrogens with one attached hydrogen (secondary N) is 2. The highest BCUT2D eigenvalue weighted by Gasteiger charge is 2.17. The Kier molecular flexibility index (Phi) is 6.25. The molecule has 0 atom stereocenters. The van der Waals surface area contributed by atoms with Crippen molar-refractivity contribution in [3.05, 3.63) is 82.5 Å². The van der Waals surface area contributed by atoms with Gasteiger partial charge in [-0.05, 0) is 37.3 Å². The minimum Gasteiger partial charge on any atom is -0.441 e. The van der Waals surface area contributed by atoms with E-state index in [1.165, 1.54) is 23.0 Å². The summed E-state index contributed by atoms with van der Waals surface area (Å²) in [6.07, 6.45) is 1.71. The molecule has 10 heteroatoms. The number of amides is 2. The van der Waals surface area contributed by atoms with E-state index < -0.39 is 11.8 Å². The molecule has 0 fully saturated rings. The molecule has 2 heterocycles. The van der Waals surface area contributed by atoms with Crippen molar-refractivity contribution in [3.8, 4) is 11.3 Å². The van der Waals surface area contributed by atoms with Crippen molar-refractivity contribution in [2.75, 3.05) is 0 Å². The van der Waals surface area contributed by atoms with Crippen molar-refractivity contribution in [1.29, 1.82) is 0 Å². The second-order valence-electron chi connectivity index (χ2n) is 7.14. The van der Waals surface area contributed by atoms with E-state index in [-0.39, 0.29) is 29.9 Å². The Morgan fingerprint density at radius 3 is 2.52 bits per heavy atom. The Balaban J connectivity index is 1.37. The molecular weight excluding hydrogens is 429 g/mol. The largest absolute Gasteiger partial charge is 0.441 e. The fourth-order valence-corrected chi connectivity index (χ4v) is 3.26. The van der Waals surface area contributed by atoms with E-state index in [9.17, 15) is 18.8 Å². The monoisotopic (exact) mass is 449 g/mol. The normalized spacial score (nSPS) is 10.8. The molecule has 33 heavy (non-hydrogen) atoms. The van der Waals surface area contributed by atoms with Crippen LogP contribution in [0.25, 0.3) is 22.1 Å². The molecule has 0 bridgehead atoms. The van der Waals surface area contributed by atoms with Crippen LogP contribution < -0.4 is 16.4 Å². The fourth-order valence-electron chi connectivity index (χ4n) is 3.26. The van der Waals surface area contributed by atoms with Crippen molar-refractivity contribution < 1.29 is 18.4 Å². The lowest BCUT2D eigenvalue weighted by Gasteiger charge is -2.10. The molecule has 0 spiro atoms. The molecule has 4 aromatic rings. The highest BCUT2D eigenvalue weighted by atomic mass is 19.1. The quantitative estimate of drug-likeness (QED) is 0.437. The predicted octanol–water partition coefficient (Wildman–Crippen LogP) is 2.60. The van der Waals surface area contributed by atoms with Gasteiger partial charge in [-0.25, -0.2) is 14.1 Å². The Hall–Kier alpha value is -4.34.